The number of hydrogen-bond acceptors (Lipinski definition) is 7. The van der Waals surface area contributed by atoms with E-state index < -0.39 is 16.1 Å². The van der Waals surface area contributed by atoms with Crippen LogP contribution in [0.3, 0.4) is 0 Å². The Bertz CT molecular complexity index is 1540. The van der Waals surface area contributed by atoms with Crippen LogP contribution in [0, 0.1) is 10.1 Å². The predicted octanol–water partition coefficient (Wildman–Crippen LogP) is 6.78. The smallest absolute Gasteiger partial charge is 0.293 e. The molecule has 36 heavy (non-hydrogen) atoms. The number of halogens is 1. The average Bonchev–Trinajstić information content (AvgIpc) is 3.44. The van der Waals surface area contributed by atoms with Gasteiger partial charge in [0.1, 0.15) is 28.9 Å². The molecule has 2 heterocycles. The highest BCUT2D eigenvalue weighted by atomic mass is 35.5. The number of furan rings is 1. The molecule has 1 aliphatic heterocycles. The first-order valence-corrected chi connectivity index (χ1v) is 12.0. The maximum Gasteiger partial charge on any atom is 0.293 e. The molecule has 8 nitrogen and oxygen atoms in total. The van der Waals surface area contributed by atoms with Crippen LogP contribution in [0.5, 0.6) is 5.75 Å². The molecule has 0 spiro atoms. The number of carbonyl (C=O) groups is 2. The molecule has 4 aromatic rings. The van der Waals surface area contributed by atoms with Crippen molar-refractivity contribution in [3.63, 3.8) is 0 Å². The van der Waals surface area contributed by atoms with Crippen LogP contribution in [0.4, 0.5) is 10.5 Å². The van der Waals surface area contributed by atoms with Gasteiger partial charge in [-0.05, 0) is 47.5 Å². The lowest BCUT2D eigenvalue weighted by molar-refractivity contribution is -0.384. The van der Waals surface area contributed by atoms with Crippen LogP contribution in [-0.2, 0) is 4.79 Å². The quantitative estimate of drug-likeness (QED) is 0.150. The first kappa shape index (κ1) is 23.7. The standard InChI is InChI=1S/C26H17ClN2O6S/c27-20-10-8-17(14-21(20)29(32)33)22-11-9-18(35-22)15-24-25(30)28(26(31)36-24)12-13-34-23-7-3-5-16-4-1-2-6-19(16)23/h1-11,14-15H,12-13H2/b24-15-. The maximum atomic E-state index is 12.8. The number of thioether (sulfide) groups is 1. The van der Waals surface area contributed by atoms with Gasteiger partial charge in [0.2, 0.25) is 0 Å². The summed E-state index contributed by atoms with van der Waals surface area (Å²) in [6.07, 6.45) is 1.48. The van der Waals surface area contributed by atoms with Crippen molar-refractivity contribution in [2.24, 2.45) is 0 Å². The molecule has 180 valence electrons. The van der Waals surface area contributed by atoms with Gasteiger partial charge in [-0.1, -0.05) is 48.0 Å². The van der Waals surface area contributed by atoms with Crippen molar-refractivity contribution in [1.82, 2.24) is 4.90 Å². The summed E-state index contributed by atoms with van der Waals surface area (Å²) in [6, 6.07) is 21.1. The van der Waals surface area contributed by atoms with Crippen LogP contribution < -0.4 is 4.74 Å². The third-order valence-corrected chi connectivity index (χ3v) is 6.75. The minimum Gasteiger partial charge on any atom is -0.491 e. The minimum absolute atomic E-state index is 0.0219. The normalized spacial score (nSPS) is 14.7. The molecule has 0 aliphatic carbocycles. The number of carbonyl (C=O) groups excluding carboxylic acids is 2. The molecule has 0 N–H and O–H groups in total. The zero-order chi connectivity index (χ0) is 25.2. The first-order valence-electron chi connectivity index (χ1n) is 10.8. The van der Waals surface area contributed by atoms with Crippen molar-refractivity contribution in [1.29, 1.82) is 0 Å². The summed E-state index contributed by atoms with van der Waals surface area (Å²) in [5, 5.41) is 12.8. The number of hydrogen-bond donors (Lipinski definition) is 0. The molecule has 0 unspecified atom stereocenters. The van der Waals surface area contributed by atoms with Gasteiger partial charge in [-0.3, -0.25) is 24.6 Å². The summed E-state index contributed by atoms with van der Waals surface area (Å²) in [4.78, 5) is 37.2. The monoisotopic (exact) mass is 520 g/mol. The summed E-state index contributed by atoms with van der Waals surface area (Å²) >= 11 is 6.68. The third-order valence-electron chi connectivity index (χ3n) is 5.52. The van der Waals surface area contributed by atoms with Crippen molar-refractivity contribution in [3.05, 3.63) is 98.6 Å². The fourth-order valence-electron chi connectivity index (χ4n) is 3.78. The summed E-state index contributed by atoms with van der Waals surface area (Å²) in [7, 11) is 0. The number of fused-ring (bicyclic) bond motifs is 1. The first-order chi connectivity index (χ1) is 17.4. The van der Waals surface area contributed by atoms with Gasteiger partial charge >= 0.3 is 0 Å². The molecule has 1 fully saturated rings. The van der Waals surface area contributed by atoms with Crippen LogP contribution in [0.2, 0.25) is 5.02 Å². The molecule has 3 aromatic carbocycles. The number of benzene rings is 3. The molecule has 5 rings (SSSR count). The zero-order valence-electron chi connectivity index (χ0n) is 18.5. The Labute approximate surface area is 214 Å². The van der Waals surface area contributed by atoms with Gasteiger partial charge in [0, 0.05) is 23.1 Å². The Morgan fingerprint density at radius 2 is 1.86 bits per heavy atom. The lowest BCUT2D eigenvalue weighted by Gasteiger charge is -2.14. The molecular formula is C26H17ClN2O6S. The summed E-state index contributed by atoms with van der Waals surface area (Å²) in [6.45, 7) is 0.253. The number of nitro benzene ring substituents is 1. The highest BCUT2D eigenvalue weighted by molar-refractivity contribution is 8.18. The van der Waals surface area contributed by atoms with E-state index in [4.69, 9.17) is 20.8 Å². The number of amides is 2. The van der Waals surface area contributed by atoms with Crippen LogP contribution in [0.1, 0.15) is 5.76 Å². The molecule has 1 saturated heterocycles. The van der Waals surface area contributed by atoms with Crippen molar-refractivity contribution >= 4 is 57.0 Å². The Hall–Kier alpha value is -4.08. The van der Waals surface area contributed by atoms with Crippen molar-refractivity contribution < 1.29 is 23.7 Å². The van der Waals surface area contributed by atoms with Crippen molar-refractivity contribution in [3.8, 4) is 17.1 Å². The SMILES string of the molecule is O=C1S/C(=C\c2ccc(-c3ccc(Cl)c([N+](=O)[O-])c3)o2)C(=O)N1CCOc1cccc2ccccc12. The molecule has 2 amide bonds. The summed E-state index contributed by atoms with van der Waals surface area (Å²) in [5.74, 6) is 0.941. The molecule has 1 aliphatic rings. The van der Waals surface area contributed by atoms with E-state index >= 15 is 0 Å². The van der Waals surface area contributed by atoms with Crippen LogP contribution in [0.25, 0.3) is 28.2 Å². The average molecular weight is 521 g/mol. The number of imide groups is 1. The lowest BCUT2D eigenvalue weighted by atomic mass is 10.1. The molecule has 10 heteroatoms. The van der Waals surface area contributed by atoms with Gasteiger partial charge in [0.05, 0.1) is 16.4 Å². The number of ether oxygens (including phenoxy) is 1. The lowest BCUT2D eigenvalue weighted by Crippen LogP contribution is -2.32. The molecule has 0 radical (unpaired) electrons. The van der Waals surface area contributed by atoms with Crippen molar-refractivity contribution in [2.75, 3.05) is 13.2 Å². The molecule has 0 saturated carbocycles. The van der Waals surface area contributed by atoms with Crippen LogP contribution in [0.15, 0.2) is 82.1 Å². The third kappa shape index (κ3) is 4.71. The fraction of sp³-hybridized carbons (Fsp3) is 0.0769. The Morgan fingerprint density at radius 3 is 2.69 bits per heavy atom. The molecule has 1 aromatic heterocycles. The van der Waals surface area contributed by atoms with E-state index in [2.05, 4.69) is 0 Å². The van der Waals surface area contributed by atoms with Crippen LogP contribution >= 0.6 is 23.4 Å². The maximum absolute atomic E-state index is 12.8. The van der Waals surface area contributed by atoms with Crippen LogP contribution in [-0.4, -0.2) is 34.1 Å². The van der Waals surface area contributed by atoms with Gasteiger partial charge in [0.25, 0.3) is 16.8 Å². The van der Waals surface area contributed by atoms with Gasteiger partial charge in [-0.15, -0.1) is 0 Å². The predicted molar refractivity (Wildman–Crippen MR) is 138 cm³/mol. The number of nitro groups is 1. The largest absolute Gasteiger partial charge is 0.491 e. The highest BCUT2D eigenvalue weighted by Crippen LogP contribution is 2.35. The number of nitrogens with zero attached hydrogens (tertiary/aromatic N) is 2. The Morgan fingerprint density at radius 1 is 1.06 bits per heavy atom. The number of rotatable bonds is 7. The van der Waals surface area contributed by atoms with Gasteiger partial charge in [-0.25, -0.2) is 0 Å². The summed E-state index contributed by atoms with van der Waals surface area (Å²) in [5.41, 5.74) is 0.225. The van der Waals surface area contributed by atoms with E-state index in [9.17, 15) is 19.7 Å². The van der Waals surface area contributed by atoms with E-state index in [0.717, 1.165) is 27.4 Å². The highest BCUT2D eigenvalue weighted by Gasteiger charge is 2.35. The van der Waals surface area contributed by atoms with Gasteiger partial charge in [-0.2, -0.15) is 0 Å². The topological polar surface area (TPSA) is 103 Å². The van der Waals surface area contributed by atoms with E-state index in [1.807, 2.05) is 42.5 Å². The van der Waals surface area contributed by atoms with Gasteiger partial charge < -0.3 is 9.15 Å². The second-order valence-corrected chi connectivity index (χ2v) is 9.18. The molecular weight excluding hydrogens is 504 g/mol. The van der Waals surface area contributed by atoms with E-state index in [0.29, 0.717) is 22.8 Å². The summed E-state index contributed by atoms with van der Waals surface area (Å²) < 4.78 is 11.6. The molecule has 0 atom stereocenters. The zero-order valence-corrected chi connectivity index (χ0v) is 20.1. The minimum atomic E-state index is -0.574. The second-order valence-electron chi connectivity index (χ2n) is 7.78. The Balaban J connectivity index is 1.27. The van der Waals surface area contributed by atoms with E-state index in [-0.39, 0.29) is 28.8 Å². The Kier molecular flexibility index (Phi) is 6.49. The van der Waals surface area contributed by atoms with E-state index in [1.54, 1.807) is 18.2 Å². The van der Waals surface area contributed by atoms with E-state index in [1.165, 1.54) is 18.2 Å². The van der Waals surface area contributed by atoms with Gasteiger partial charge in [0.15, 0.2) is 0 Å². The molecule has 0 bridgehead atoms. The fourth-order valence-corrected chi connectivity index (χ4v) is 4.81. The second kappa shape index (κ2) is 9.88. The van der Waals surface area contributed by atoms with Crippen molar-refractivity contribution in [2.45, 2.75) is 0 Å².